The summed E-state index contributed by atoms with van der Waals surface area (Å²) in [6.45, 7) is 14.4. The van der Waals surface area contributed by atoms with Crippen LogP contribution in [0.2, 0.25) is 0 Å². The van der Waals surface area contributed by atoms with E-state index in [1.807, 2.05) is 0 Å². The molecule has 0 aromatic heterocycles. The fraction of sp³-hybridized carbons (Fsp3) is 0.857. The van der Waals surface area contributed by atoms with Gasteiger partial charge < -0.3 is 11.5 Å². The van der Waals surface area contributed by atoms with Crippen LogP contribution in [0.4, 0.5) is 0 Å². The second-order valence-corrected chi connectivity index (χ2v) is 7.28. The van der Waals surface area contributed by atoms with Gasteiger partial charge >= 0.3 is 0 Å². The Morgan fingerprint density at radius 2 is 1.11 bits per heavy atom. The molecule has 0 bridgehead atoms. The number of aliphatic imine (C=N–C) groups is 2. The zero-order chi connectivity index (χ0) is 15.1. The van der Waals surface area contributed by atoms with Gasteiger partial charge in [-0.25, -0.2) is 0 Å². The minimum absolute atomic E-state index is 0.260. The lowest BCUT2D eigenvalue weighted by Gasteiger charge is -2.16. The SMILES string of the molecule is CC(C)(C)CCN=C(N)NC(N)=NCCC(C)(C)C. The molecule has 0 heterocycles. The molecule has 0 aliphatic carbocycles. The van der Waals surface area contributed by atoms with Crippen molar-refractivity contribution >= 4 is 11.9 Å². The van der Waals surface area contributed by atoms with Crippen LogP contribution in [0.1, 0.15) is 54.4 Å². The van der Waals surface area contributed by atoms with E-state index in [9.17, 15) is 0 Å². The maximum Gasteiger partial charge on any atom is 0.195 e. The number of nitrogens with one attached hydrogen (secondary N) is 1. The van der Waals surface area contributed by atoms with Crippen molar-refractivity contribution < 1.29 is 0 Å². The highest BCUT2D eigenvalue weighted by atomic mass is 15.2. The number of hydrogen-bond donors (Lipinski definition) is 3. The van der Waals surface area contributed by atoms with E-state index in [0.717, 1.165) is 12.8 Å². The highest BCUT2D eigenvalue weighted by Crippen LogP contribution is 2.18. The van der Waals surface area contributed by atoms with Crippen molar-refractivity contribution in [1.29, 1.82) is 0 Å². The van der Waals surface area contributed by atoms with Crippen molar-refractivity contribution in [2.24, 2.45) is 32.3 Å². The standard InChI is InChI=1S/C14H31N5/c1-13(2,3)7-9-17-11(15)19-12(16)18-10-8-14(4,5)6/h7-10H2,1-6H3,(H5,15,16,17,18,19). The Morgan fingerprint density at radius 1 is 0.789 bits per heavy atom. The maximum absolute atomic E-state index is 5.74. The molecule has 0 amide bonds. The van der Waals surface area contributed by atoms with E-state index >= 15 is 0 Å². The normalized spacial score (nSPS) is 14.6. The minimum Gasteiger partial charge on any atom is -0.370 e. The quantitative estimate of drug-likeness (QED) is 0.539. The Hall–Kier alpha value is -1.26. The molecule has 0 rings (SSSR count). The van der Waals surface area contributed by atoms with Gasteiger partial charge in [0.15, 0.2) is 11.9 Å². The van der Waals surface area contributed by atoms with Gasteiger partial charge in [-0.15, -0.1) is 0 Å². The summed E-state index contributed by atoms with van der Waals surface area (Å²) in [5, 5.41) is 2.81. The number of nitrogens with two attached hydrogens (primary N) is 2. The summed E-state index contributed by atoms with van der Waals surface area (Å²) in [4.78, 5) is 8.46. The summed E-state index contributed by atoms with van der Waals surface area (Å²) in [6, 6.07) is 0. The van der Waals surface area contributed by atoms with Crippen LogP contribution in [0.25, 0.3) is 0 Å². The number of guanidine groups is 2. The average Bonchev–Trinajstić information content (AvgIpc) is 2.12. The Bertz CT molecular complexity index is 286. The van der Waals surface area contributed by atoms with Crippen LogP contribution in [0, 0.1) is 10.8 Å². The lowest BCUT2D eigenvalue weighted by atomic mass is 9.92. The van der Waals surface area contributed by atoms with E-state index in [2.05, 4.69) is 56.8 Å². The third-order valence-corrected chi connectivity index (χ3v) is 2.54. The van der Waals surface area contributed by atoms with Gasteiger partial charge in [0.1, 0.15) is 0 Å². The van der Waals surface area contributed by atoms with Gasteiger partial charge in [0.25, 0.3) is 0 Å². The van der Waals surface area contributed by atoms with Gasteiger partial charge in [-0.3, -0.25) is 15.3 Å². The third kappa shape index (κ3) is 13.0. The molecule has 112 valence electrons. The molecule has 0 unspecified atom stereocenters. The number of rotatable bonds is 4. The molecule has 5 N–H and O–H groups in total. The molecular formula is C14H31N5. The van der Waals surface area contributed by atoms with Crippen LogP contribution in [-0.4, -0.2) is 25.0 Å². The van der Waals surface area contributed by atoms with Crippen molar-refractivity contribution in [2.75, 3.05) is 13.1 Å². The molecule has 0 saturated carbocycles. The molecule has 0 aliphatic rings. The monoisotopic (exact) mass is 269 g/mol. The zero-order valence-electron chi connectivity index (χ0n) is 13.4. The highest BCUT2D eigenvalue weighted by molar-refractivity contribution is 5.96. The molecule has 5 heteroatoms. The summed E-state index contributed by atoms with van der Waals surface area (Å²) < 4.78 is 0. The second-order valence-electron chi connectivity index (χ2n) is 7.28. The van der Waals surface area contributed by atoms with Crippen LogP contribution in [0.15, 0.2) is 9.98 Å². The summed E-state index contributed by atoms with van der Waals surface area (Å²) in [5.41, 5.74) is 12.0. The van der Waals surface area contributed by atoms with Crippen molar-refractivity contribution in [2.45, 2.75) is 54.4 Å². The van der Waals surface area contributed by atoms with Crippen LogP contribution in [0.5, 0.6) is 0 Å². The predicted octanol–water partition coefficient (Wildman–Crippen LogP) is 2.08. The largest absolute Gasteiger partial charge is 0.370 e. The van der Waals surface area contributed by atoms with Crippen LogP contribution in [0.3, 0.4) is 0 Å². The van der Waals surface area contributed by atoms with Crippen LogP contribution < -0.4 is 16.8 Å². The molecule has 0 aromatic carbocycles. The molecule has 0 aliphatic heterocycles. The van der Waals surface area contributed by atoms with E-state index in [-0.39, 0.29) is 10.8 Å². The Balaban J connectivity index is 4.07. The average molecular weight is 269 g/mol. The first-order valence-electron chi connectivity index (χ1n) is 6.86. The van der Waals surface area contributed by atoms with Gasteiger partial charge in [-0.2, -0.15) is 0 Å². The van der Waals surface area contributed by atoms with Gasteiger partial charge in [-0.05, 0) is 23.7 Å². The molecule has 0 fully saturated rings. The molecule has 0 saturated heterocycles. The van der Waals surface area contributed by atoms with Crippen molar-refractivity contribution in [3.8, 4) is 0 Å². The first kappa shape index (κ1) is 17.7. The van der Waals surface area contributed by atoms with Gasteiger partial charge in [0.05, 0.1) is 0 Å². The van der Waals surface area contributed by atoms with Crippen molar-refractivity contribution in [1.82, 2.24) is 5.32 Å². The van der Waals surface area contributed by atoms with Crippen LogP contribution in [-0.2, 0) is 0 Å². The molecular weight excluding hydrogens is 238 g/mol. The summed E-state index contributed by atoms with van der Waals surface area (Å²) in [6.07, 6.45) is 1.97. The first-order valence-corrected chi connectivity index (χ1v) is 6.86. The molecule has 0 aromatic rings. The Labute approximate surface area is 118 Å². The highest BCUT2D eigenvalue weighted by Gasteiger charge is 2.09. The van der Waals surface area contributed by atoms with E-state index in [0.29, 0.717) is 25.0 Å². The smallest absolute Gasteiger partial charge is 0.195 e. The first-order chi connectivity index (χ1) is 8.49. The maximum atomic E-state index is 5.74. The fourth-order valence-electron chi connectivity index (χ4n) is 1.23. The Kier molecular flexibility index (Phi) is 6.87. The topological polar surface area (TPSA) is 88.8 Å². The van der Waals surface area contributed by atoms with Crippen molar-refractivity contribution in [3.05, 3.63) is 0 Å². The minimum atomic E-state index is 0.260. The van der Waals surface area contributed by atoms with Gasteiger partial charge in [0, 0.05) is 13.1 Å². The zero-order valence-corrected chi connectivity index (χ0v) is 13.4. The van der Waals surface area contributed by atoms with Crippen molar-refractivity contribution in [3.63, 3.8) is 0 Å². The lowest BCUT2D eigenvalue weighted by Crippen LogP contribution is -2.42. The summed E-state index contributed by atoms with van der Waals surface area (Å²) >= 11 is 0. The molecule has 0 atom stereocenters. The lowest BCUT2D eigenvalue weighted by molar-refractivity contribution is 0.385. The van der Waals surface area contributed by atoms with Crippen LogP contribution >= 0.6 is 0 Å². The van der Waals surface area contributed by atoms with E-state index in [1.54, 1.807) is 0 Å². The number of hydrogen-bond acceptors (Lipinski definition) is 2. The van der Waals surface area contributed by atoms with E-state index < -0.39 is 0 Å². The molecule has 19 heavy (non-hydrogen) atoms. The second kappa shape index (κ2) is 7.36. The van der Waals surface area contributed by atoms with Gasteiger partial charge in [-0.1, -0.05) is 41.5 Å². The molecule has 0 spiro atoms. The van der Waals surface area contributed by atoms with Gasteiger partial charge in [0.2, 0.25) is 0 Å². The predicted molar refractivity (Wildman–Crippen MR) is 84.3 cm³/mol. The van der Waals surface area contributed by atoms with E-state index in [1.165, 1.54) is 0 Å². The Morgan fingerprint density at radius 3 is 1.37 bits per heavy atom. The number of nitrogens with zero attached hydrogens (tertiary/aromatic N) is 2. The summed E-state index contributed by atoms with van der Waals surface area (Å²) in [5.74, 6) is 0.669. The molecule has 5 nitrogen and oxygen atoms in total. The summed E-state index contributed by atoms with van der Waals surface area (Å²) in [7, 11) is 0. The molecule has 0 radical (unpaired) electrons. The fourth-order valence-corrected chi connectivity index (χ4v) is 1.23. The third-order valence-electron chi connectivity index (χ3n) is 2.54. The van der Waals surface area contributed by atoms with E-state index in [4.69, 9.17) is 11.5 Å².